The summed E-state index contributed by atoms with van der Waals surface area (Å²) in [6, 6.07) is 5.44. The van der Waals surface area contributed by atoms with Gasteiger partial charge >= 0.3 is 0 Å². The number of nitrogens with two attached hydrogens (primary N) is 1. The van der Waals surface area contributed by atoms with Crippen molar-refractivity contribution < 1.29 is 9.53 Å². The topological polar surface area (TPSA) is 55.6 Å². The Labute approximate surface area is 115 Å². The Hall–Kier alpha value is -1.71. The minimum atomic E-state index is -0.0121. The monoisotopic (exact) mass is 264 g/mol. The van der Waals surface area contributed by atoms with Crippen LogP contribution in [0.25, 0.3) is 0 Å². The van der Waals surface area contributed by atoms with Gasteiger partial charge in [0, 0.05) is 30.4 Å². The average Bonchev–Trinajstić information content (AvgIpc) is 2.38. The second-order valence-electron chi connectivity index (χ2n) is 4.61. The third-order valence-corrected chi connectivity index (χ3v) is 3.30. The highest BCUT2D eigenvalue weighted by Crippen LogP contribution is 2.21. The standard InChI is InChI=1S/C15H24N2O2/c1-5-13(6-2)17(4)15(18)11-8-12(16)10-14(9-11)19-7-3/h8-10,13H,5-7,16H2,1-4H3. The molecule has 0 saturated carbocycles. The molecule has 0 saturated heterocycles. The van der Waals surface area contributed by atoms with Gasteiger partial charge in [0.15, 0.2) is 0 Å². The maximum absolute atomic E-state index is 12.4. The van der Waals surface area contributed by atoms with E-state index in [1.807, 2.05) is 14.0 Å². The molecule has 0 radical (unpaired) electrons. The Morgan fingerprint density at radius 1 is 1.26 bits per heavy atom. The van der Waals surface area contributed by atoms with E-state index < -0.39 is 0 Å². The van der Waals surface area contributed by atoms with Gasteiger partial charge in [-0.15, -0.1) is 0 Å². The maximum atomic E-state index is 12.4. The smallest absolute Gasteiger partial charge is 0.254 e. The molecule has 4 nitrogen and oxygen atoms in total. The van der Waals surface area contributed by atoms with Gasteiger partial charge in [-0.25, -0.2) is 0 Å². The molecule has 0 atom stereocenters. The van der Waals surface area contributed by atoms with Crippen LogP contribution in [0.5, 0.6) is 5.75 Å². The van der Waals surface area contributed by atoms with E-state index in [0.717, 1.165) is 12.8 Å². The fourth-order valence-corrected chi connectivity index (χ4v) is 2.20. The SMILES string of the molecule is CCOc1cc(N)cc(C(=O)N(C)C(CC)CC)c1. The number of anilines is 1. The van der Waals surface area contributed by atoms with Crippen molar-refractivity contribution in [2.45, 2.75) is 39.7 Å². The summed E-state index contributed by atoms with van der Waals surface area (Å²) in [4.78, 5) is 14.2. The van der Waals surface area contributed by atoms with E-state index in [-0.39, 0.29) is 11.9 Å². The lowest BCUT2D eigenvalue weighted by Crippen LogP contribution is -2.36. The molecule has 0 aromatic heterocycles. The van der Waals surface area contributed by atoms with Crippen LogP contribution in [-0.4, -0.2) is 30.5 Å². The number of carbonyl (C=O) groups is 1. The van der Waals surface area contributed by atoms with Crippen molar-refractivity contribution in [1.82, 2.24) is 4.90 Å². The van der Waals surface area contributed by atoms with Crippen molar-refractivity contribution in [2.24, 2.45) is 0 Å². The highest BCUT2D eigenvalue weighted by molar-refractivity contribution is 5.95. The lowest BCUT2D eigenvalue weighted by Gasteiger charge is -2.26. The molecule has 1 aromatic carbocycles. The molecule has 1 rings (SSSR count). The number of amides is 1. The first-order valence-electron chi connectivity index (χ1n) is 6.83. The highest BCUT2D eigenvalue weighted by atomic mass is 16.5. The van der Waals surface area contributed by atoms with Gasteiger partial charge in [-0.2, -0.15) is 0 Å². The molecule has 106 valence electrons. The fourth-order valence-electron chi connectivity index (χ4n) is 2.20. The zero-order valence-corrected chi connectivity index (χ0v) is 12.3. The van der Waals surface area contributed by atoms with Crippen LogP contribution >= 0.6 is 0 Å². The van der Waals surface area contributed by atoms with Gasteiger partial charge in [0.25, 0.3) is 5.91 Å². The zero-order chi connectivity index (χ0) is 14.4. The van der Waals surface area contributed by atoms with Crippen molar-refractivity contribution >= 4 is 11.6 Å². The van der Waals surface area contributed by atoms with Crippen LogP contribution in [0.15, 0.2) is 18.2 Å². The zero-order valence-electron chi connectivity index (χ0n) is 12.3. The van der Waals surface area contributed by atoms with Crippen LogP contribution < -0.4 is 10.5 Å². The number of rotatable bonds is 6. The molecular weight excluding hydrogens is 240 g/mol. The molecule has 0 unspecified atom stereocenters. The third-order valence-electron chi connectivity index (χ3n) is 3.30. The minimum Gasteiger partial charge on any atom is -0.494 e. The summed E-state index contributed by atoms with van der Waals surface area (Å²) in [6.07, 6.45) is 1.89. The second-order valence-corrected chi connectivity index (χ2v) is 4.61. The summed E-state index contributed by atoms with van der Waals surface area (Å²) < 4.78 is 5.42. The predicted molar refractivity (Wildman–Crippen MR) is 78.5 cm³/mol. The molecule has 0 fully saturated rings. The van der Waals surface area contributed by atoms with Crippen LogP contribution in [-0.2, 0) is 0 Å². The van der Waals surface area contributed by atoms with E-state index in [1.54, 1.807) is 23.1 Å². The molecule has 2 N–H and O–H groups in total. The molecule has 19 heavy (non-hydrogen) atoms. The van der Waals surface area contributed by atoms with E-state index in [4.69, 9.17) is 10.5 Å². The van der Waals surface area contributed by atoms with Gasteiger partial charge in [-0.3, -0.25) is 4.79 Å². The second kappa shape index (κ2) is 7.02. The Bertz CT molecular complexity index is 428. The normalized spacial score (nSPS) is 10.6. The summed E-state index contributed by atoms with van der Waals surface area (Å²) in [5, 5.41) is 0. The van der Waals surface area contributed by atoms with Crippen molar-refractivity contribution in [3.8, 4) is 5.75 Å². The number of carbonyl (C=O) groups excluding carboxylic acids is 1. The number of ether oxygens (including phenoxy) is 1. The summed E-state index contributed by atoms with van der Waals surface area (Å²) >= 11 is 0. The summed E-state index contributed by atoms with van der Waals surface area (Å²) in [6.45, 7) is 6.63. The highest BCUT2D eigenvalue weighted by Gasteiger charge is 2.19. The molecule has 0 aliphatic rings. The van der Waals surface area contributed by atoms with Gasteiger partial charge in [-0.1, -0.05) is 13.8 Å². The first kappa shape index (κ1) is 15.3. The van der Waals surface area contributed by atoms with E-state index in [1.165, 1.54) is 0 Å². The molecule has 0 aliphatic heterocycles. The number of nitrogen functional groups attached to an aromatic ring is 1. The summed E-state index contributed by atoms with van der Waals surface area (Å²) in [5.41, 5.74) is 6.95. The number of nitrogens with zero attached hydrogens (tertiary/aromatic N) is 1. The van der Waals surface area contributed by atoms with Gasteiger partial charge < -0.3 is 15.4 Å². The van der Waals surface area contributed by atoms with Gasteiger partial charge in [-0.05, 0) is 31.9 Å². The number of hydrogen-bond donors (Lipinski definition) is 1. The minimum absolute atomic E-state index is 0.0121. The van der Waals surface area contributed by atoms with Gasteiger partial charge in [0.05, 0.1) is 6.61 Å². The Morgan fingerprint density at radius 2 is 1.89 bits per heavy atom. The third kappa shape index (κ3) is 3.88. The molecular formula is C15H24N2O2. The lowest BCUT2D eigenvalue weighted by atomic mass is 10.1. The first-order valence-corrected chi connectivity index (χ1v) is 6.83. The van der Waals surface area contributed by atoms with E-state index in [2.05, 4.69) is 13.8 Å². The molecule has 1 aromatic rings. The Kier molecular flexibility index (Phi) is 5.67. The quantitative estimate of drug-likeness (QED) is 0.804. The maximum Gasteiger partial charge on any atom is 0.254 e. The van der Waals surface area contributed by atoms with Crippen molar-refractivity contribution in [3.05, 3.63) is 23.8 Å². The summed E-state index contributed by atoms with van der Waals surface area (Å²) in [5.74, 6) is 0.630. The van der Waals surface area contributed by atoms with Gasteiger partial charge in [0.2, 0.25) is 0 Å². The molecule has 1 amide bonds. The van der Waals surface area contributed by atoms with Crippen LogP contribution in [0.4, 0.5) is 5.69 Å². The first-order chi connectivity index (χ1) is 9.03. The summed E-state index contributed by atoms with van der Waals surface area (Å²) in [7, 11) is 1.84. The van der Waals surface area contributed by atoms with Crippen molar-refractivity contribution in [1.29, 1.82) is 0 Å². The molecule has 0 bridgehead atoms. The van der Waals surface area contributed by atoms with Crippen LogP contribution in [0.1, 0.15) is 44.0 Å². The largest absolute Gasteiger partial charge is 0.494 e. The molecule has 4 heteroatoms. The fraction of sp³-hybridized carbons (Fsp3) is 0.533. The van der Waals surface area contributed by atoms with E-state index in [0.29, 0.717) is 23.6 Å². The number of hydrogen-bond acceptors (Lipinski definition) is 3. The van der Waals surface area contributed by atoms with Crippen LogP contribution in [0.2, 0.25) is 0 Å². The number of benzene rings is 1. The van der Waals surface area contributed by atoms with E-state index >= 15 is 0 Å². The van der Waals surface area contributed by atoms with Crippen molar-refractivity contribution in [3.63, 3.8) is 0 Å². The average molecular weight is 264 g/mol. The van der Waals surface area contributed by atoms with Gasteiger partial charge in [0.1, 0.15) is 5.75 Å². The van der Waals surface area contributed by atoms with Crippen LogP contribution in [0, 0.1) is 0 Å². The Balaban J connectivity index is 2.98. The lowest BCUT2D eigenvalue weighted by molar-refractivity contribution is 0.0723. The molecule has 0 heterocycles. The predicted octanol–water partition coefficient (Wildman–Crippen LogP) is 2.93. The van der Waals surface area contributed by atoms with Crippen LogP contribution in [0.3, 0.4) is 0 Å². The van der Waals surface area contributed by atoms with E-state index in [9.17, 15) is 4.79 Å². The molecule has 0 spiro atoms. The molecule has 0 aliphatic carbocycles. The van der Waals surface area contributed by atoms with Crippen molar-refractivity contribution in [2.75, 3.05) is 19.4 Å². The Morgan fingerprint density at radius 3 is 2.42 bits per heavy atom.